The Labute approximate surface area is 162 Å². The average molecular weight is 369 g/mol. The van der Waals surface area contributed by atoms with Crippen molar-refractivity contribution in [2.45, 2.75) is 57.2 Å². The fraction of sp³-hybridized carbons (Fsp3) is 0.591. The summed E-state index contributed by atoms with van der Waals surface area (Å²) in [6.07, 6.45) is 9.65. The molecule has 0 bridgehead atoms. The Bertz CT molecular complexity index is 695. The zero-order valence-corrected chi connectivity index (χ0v) is 16.2. The van der Waals surface area contributed by atoms with E-state index in [9.17, 15) is 5.11 Å². The molecule has 1 aromatic carbocycles. The smallest absolute Gasteiger partial charge is 0.0695 e. The fourth-order valence-corrected chi connectivity index (χ4v) is 4.90. The van der Waals surface area contributed by atoms with Gasteiger partial charge in [-0.25, -0.2) is 0 Å². The summed E-state index contributed by atoms with van der Waals surface area (Å²) in [5, 5.41) is 17.1. The third-order valence-corrected chi connectivity index (χ3v) is 6.29. The van der Waals surface area contributed by atoms with Gasteiger partial charge in [0.15, 0.2) is 0 Å². The predicted molar refractivity (Wildman–Crippen MR) is 108 cm³/mol. The number of piperazine rings is 1. The molecule has 1 unspecified atom stereocenters. The van der Waals surface area contributed by atoms with E-state index < -0.39 is 0 Å². The molecule has 1 aromatic heterocycles. The molecule has 2 heterocycles. The molecule has 1 saturated heterocycles. The third-order valence-electron chi connectivity index (χ3n) is 6.29. The molecule has 2 fully saturated rings. The summed E-state index contributed by atoms with van der Waals surface area (Å²) in [4.78, 5) is 5.25. The van der Waals surface area contributed by atoms with Crippen LogP contribution in [0.15, 0.2) is 36.5 Å². The second-order valence-electron chi connectivity index (χ2n) is 8.07. The summed E-state index contributed by atoms with van der Waals surface area (Å²) in [6.45, 7) is 4.45. The Morgan fingerprint density at radius 1 is 1.07 bits per heavy atom. The van der Waals surface area contributed by atoms with Crippen molar-refractivity contribution in [1.29, 1.82) is 0 Å². The molecule has 1 aliphatic heterocycles. The van der Waals surface area contributed by atoms with E-state index >= 15 is 0 Å². The molecule has 0 amide bonds. The van der Waals surface area contributed by atoms with Crippen LogP contribution in [0.1, 0.15) is 44.1 Å². The molecule has 5 heteroatoms. The average Bonchev–Trinajstić information content (AvgIpc) is 3.18. The van der Waals surface area contributed by atoms with Gasteiger partial charge in [0.05, 0.1) is 11.9 Å². The maximum Gasteiger partial charge on any atom is 0.0695 e. The lowest BCUT2D eigenvalue weighted by atomic mass is 9.91. The molecule has 1 aliphatic carbocycles. The van der Waals surface area contributed by atoms with Crippen LogP contribution < -0.4 is 0 Å². The van der Waals surface area contributed by atoms with E-state index in [1.54, 1.807) is 0 Å². The van der Waals surface area contributed by atoms with Gasteiger partial charge in [-0.15, -0.1) is 0 Å². The SMILES string of the molecule is OCCC1CN(Cc2cn[nH]c2-c2ccccc2)CCN1C1CCCCC1. The fourth-order valence-electron chi connectivity index (χ4n) is 4.90. The monoisotopic (exact) mass is 368 g/mol. The molecular formula is C22H32N4O. The van der Waals surface area contributed by atoms with Gasteiger partial charge in [0.2, 0.25) is 0 Å². The molecule has 27 heavy (non-hydrogen) atoms. The Hall–Kier alpha value is -1.69. The number of hydrogen-bond acceptors (Lipinski definition) is 4. The van der Waals surface area contributed by atoms with E-state index in [-0.39, 0.29) is 6.61 Å². The van der Waals surface area contributed by atoms with Crippen LogP contribution in [0.25, 0.3) is 11.3 Å². The van der Waals surface area contributed by atoms with Crippen molar-refractivity contribution in [1.82, 2.24) is 20.0 Å². The van der Waals surface area contributed by atoms with Gasteiger partial charge in [0, 0.05) is 50.4 Å². The lowest BCUT2D eigenvalue weighted by Crippen LogP contribution is -2.56. The Morgan fingerprint density at radius 2 is 1.89 bits per heavy atom. The molecule has 146 valence electrons. The van der Waals surface area contributed by atoms with Gasteiger partial charge in [-0.3, -0.25) is 14.9 Å². The first-order chi connectivity index (χ1) is 13.3. The number of aliphatic hydroxyl groups excluding tert-OH is 1. The summed E-state index contributed by atoms with van der Waals surface area (Å²) in [6, 6.07) is 11.6. The summed E-state index contributed by atoms with van der Waals surface area (Å²) in [5.41, 5.74) is 3.58. The molecule has 2 aliphatic rings. The van der Waals surface area contributed by atoms with Crippen LogP contribution >= 0.6 is 0 Å². The lowest BCUT2D eigenvalue weighted by molar-refractivity contribution is 0.0137. The molecule has 2 aromatic rings. The molecule has 0 spiro atoms. The number of rotatable bonds is 6. The number of nitrogens with one attached hydrogen (secondary N) is 1. The first kappa shape index (κ1) is 18.7. The van der Waals surface area contributed by atoms with Gasteiger partial charge >= 0.3 is 0 Å². The summed E-state index contributed by atoms with van der Waals surface area (Å²) in [5.74, 6) is 0. The molecule has 0 radical (unpaired) electrons. The van der Waals surface area contributed by atoms with Crippen LogP contribution in [0.5, 0.6) is 0 Å². The van der Waals surface area contributed by atoms with Gasteiger partial charge < -0.3 is 5.11 Å². The van der Waals surface area contributed by atoms with Crippen LogP contribution in [0, 0.1) is 0 Å². The maximum absolute atomic E-state index is 9.61. The summed E-state index contributed by atoms with van der Waals surface area (Å²) < 4.78 is 0. The number of benzene rings is 1. The van der Waals surface area contributed by atoms with Gasteiger partial charge in [-0.1, -0.05) is 49.6 Å². The molecular weight excluding hydrogens is 336 g/mol. The number of aliphatic hydroxyl groups is 1. The molecule has 4 rings (SSSR count). The summed E-state index contributed by atoms with van der Waals surface area (Å²) >= 11 is 0. The Kier molecular flexibility index (Phi) is 6.22. The Balaban J connectivity index is 1.43. The zero-order chi connectivity index (χ0) is 18.5. The summed E-state index contributed by atoms with van der Waals surface area (Å²) in [7, 11) is 0. The highest BCUT2D eigenvalue weighted by Gasteiger charge is 2.32. The minimum atomic E-state index is 0.280. The van der Waals surface area contributed by atoms with Crippen LogP contribution in [0.3, 0.4) is 0 Å². The minimum Gasteiger partial charge on any atom is -0.396 e. The van der Waals surface area contributed by atoms with E-state index in [2.05, 4.69) is 44.3 Å². The number of aromatic amines is 1. The van der Waals surface area contributed by atoms with E-state index in [0.717, 1.165) is 44.3 Å². The normalized spacial score (nSPS) is 22.9. The second kappa shape index (κ2) is 9.00. The Morgan fingerprint density at radius 3 is 2.67 bits per heavy atom. The van der Waals surface area contributed by atoms with Crippen molar-refractivity contribution >= 4 is 0 Å². The number of hydrogen-bond donors (Lipinski definition) is 2. The maximum atomic E-state index is 9.61. The van der Waals surface area contributed by atoms with Crippen molar-refractivity contribution < 1.29 is 5.11 Å². The van der Waals surface area contributed by atoms with Crippen LogP contribution in [-0.2, 0) is 6.54 Å². The highest BCUT2D eigenvalue weighted by atomic mass is 16.3. The van der Waals surface area contributed by atoms with Crippen molar-refractivity contribution in [3.8, 4) is 11.3 Å². The first-order valence-electron chi connectivity index (χ1n) is 10.5. The number of nitrogens with zero attached hydrogens (tertiary/aromatic N) is 3. The van der Waals surface area contributed by atoms with Crippen molar-refractivity contribution in [2.24, 2.45) is 0 Å². The number of aromatic nitrogens is 2. The van der Waals surface area contributed by atoms with E-state index in [1.165, 1.54) is 43.2 Å². The number of H-pyrrole nitrogens is 1. The molecule has 1 saturated carbocycles. The standard InChI is InChI=1S/C22H32N4O/c27-14-11-21-17-25(12-13-26(21)20-9-5-2-6-10-20)16-19-15-23-24-22(19)18-7-3-1-4-8-18/h1,3-4,7-8,15,20-21,27H,2,5-6,9-14,16-17H2,(H,23,24). The predicted octanol–water partition coefficient (Wildman–Crippen LogP) is 3.28. The van der Waals surface area contributed by atoms with Crippen LogP contribution in [-0.4, -0.2) is 63.4 Å². The lowest BCUT2D eigenvalue weighted by Gasteiger charge is -2.46. The van der Waals surface area contributed by atoms with Gasteiger partial charge in [0.25, 0.3) is 0 Å². The van der Waals surface area contributed by atoms with Gasteiger partial charge in [0.1, 0.15) is 0 Å². The minimum absolute atomic E-state index is 0.280. The van der Waals surface area contributed by atoms with E-state index in [1.807, 2.05) is 12.3 Å². The van der Waals surface area contributed by atoms with E-state index in [4.69, 9.17) is 0 Å². The highest BCUT2D eigenvalue weighted by molar-refractivity contribution is 5.62. The highest BCUT2D eigenvalue weighted by Crippen LogP contribution is 2.28. The van der Waals surface area contributed by atoms with Crippen LogP contribution in [0.4, 0.5) is 0 Å². The molecule has 1 atom stereocenters. The second-order valence-corrected chi connectivity index (χ2v) is 8.07. The van der Waals surface area contributed by atoms with Crippen LogP contribution in [0.2, 0.25) is 0 Å². The van der Waals surface area contributed by atoms with Crippen molar-refractivity contribution in [3.63, 3.8) is 0 Å². The van der Waals surface area contributed by atoms with Gasteiger partial charge in [-0.2, -0.15) is 5.10 Å². The van der Waals surface area contributed by atoms with Gasteiger partial charge in [-0.05, 0) is 24.8 Å². The molecule has 2 N–H and O–H groups in total. The first-order valence-corrected chi connectivity index (χ1v) is 10.5. The van der Waals surface area contributed by atoms with Crippen molar-refractivity contribution in [3.05, 3.63) is 42.1 Å². The van der Waals surface area contributed by atoms with Crippen molar-refractivity contribution in [2.75, 3.05) is 26.2 Å². The molecule has 5 nitrogen and oxygen atoms in total. The topological polar surface area (TPSA) is 55.4 Å². The zero-order valence-electron chi connectivity index (χ0n) is 16.2. The quantitative estimate of drug-likeness (QED) is 0.822. The van der Waals surface area contributed by atoms with E-state index in [0.29, 0.717) is 6.04 Å². The largest absolute Gasteiger partial charge is 0.396 e. The third kappa shape index (κ3) is 4.42.